The zero-order valence-corrected chi connectivity index (χ0v) is 17.5. The van der Waals surface area contributed by atoms with Crippen LogP contribution in [0.2, 0.25) is 13.1 Å². The van der Waals surface area contributed by atoms with Crippen molar-refractivity contribution in [2.24, 2.45) is 0 Å². The molecule has 2 heteroatoms. The van der Waals surface area contributed by atoms with Gasteiger partial charge >= 0.3 is 147 Å². The van der Waals surface area contributed by atoms with Crippen LogP contribution < -0.4 is 5.22 Å². The van der Waals surface area contributed by atoms with Crippen molar-refractivity contribution in [2.75, 3.05) is 0 Å². The number of benzene rings is 2. The van der Waals surface area contributed by atoms with E-state index in [1.807, 2.05) is 0 Å². The van der Waals surface area contributed by atoms with Crippen LogP contribution in [0.15, 0.2) is 54.6 Å². The maximum absolute atomic E-state index is 2.41. The van der Waals surface area contributed by atoms with Crippen molar-refractivity contribution in [1.29, 1.82) is 0 Å². The van der Waals surface area contributed by atoms with E-state index in [-0.39, 0.29) is 0 Å². The predicted octanol–water partition coefficient (Wildman–Crippen LogP) is 3.92. The summed E-state index contributed by atoms with van der Waals surface area (Å²) in [6, 6.07) is 13.7. The molecule has 2 aromatic rings. The molecule has 0 bridgehead atoms. The zero-order chi connectivity index (χ0) is 15.3. The molecule has 2 aliphatic carbocycles. The van der Waals surface area contributed by atoms with E-state index in [2.05, 4.69) is 67.7 Å². The third kappa shape index (κ3) is 2.08. The van der Waals surface area contributed by atoms with Gasteiger partial charge in [-0.25, -0.2) is 0 Å². The van der Waals surface area contributed by atoms with Gasteiger partial charge in [0, 0.05) is 0 Å². The second kappa shape index (κ2) is 5.50. The number of hydrogen-bond donors (Lipinski definition) is 0. The molecule has 0 aromatic heterocycles. The van der Waals surface area contributed by atoms with Gasteiger partial charge in [0.2, 0.25) is 0 Å². The van der Waals surface area contributed by atoms with Gasteiger partial charge in [0.25, 0.3) is 0 Å². The van der Waals surface area contributed by atoms with Crippen LogP contribution in [0.4, 0.5) is 0 Å². The maximum atomic E-state index is 2.41. The topological polar surface area (TPSA) is 0 Å². The summed E-state index contributed by atoms with van der Waals surface area (Å²) in [5.41, 5.74) is 4.62. The average Bonchev–Trinajstić information content (AvgIpc) is 3.15. The SMILES string of the molecule is C[Si](C)=c1ccc2c(c1C1=CC=CC1)[C]([Hf])=c1ccccc1=2. The van der Waals surface area contributed by atoms with Gasteiger partial charge in [-0.15, -0.1) is 0 Å². The minimum absolute atomic E-state index is 0.475. The summed E-state index contributed by atoms with van der Waals surface area (Å²) in [5, 5.41) is 4.35. The summed E-state index contributed by atoms with van der Waals surface area (Å²) in [4.78, 5) is 1.60. The molecule has 105 valence electrons. The van der Waals surface area contributed by atoms with Crippen LogP contribution in [0.1, 0.15) is 17.5 Å². The summed E-state index contributed by atoms with van der Waals surface area (Å²) < 4.78 is 1.58. The van der Waals surface area contributed by atoms with Crippen molar-refractivity contribution in [3.63, 3.8) is 0 Å². The van der Waals surface area contributed by atoms with Crippen molar-refractivity contribution in [2.45, 2.75) is 19.5 Å². The summed E-state index contributed by atoms with van der Waals surface area (Å²) in [7, 11) is -0.475. The van der Waals surface area contributed by atoms with Crippen molar-refractivity contribution >= 4 is 17.3 Å². The van der Waals surface area contributed by atoms with Gasteiger partial charge in [-0.2, -0.15) is 0 Å². The molecule has 0 radical (unpaired) electrons. The fraction of sp³-hybridized carbons (Fsp3) is 0.150. The van der Waals surface area contributed by atoms with Gasteiger partial charge in [0.05, 0.1) is 0 Å². The standard InChI is InChI=1S/C20H17Si.Hf/c1-21(2)19-12-11-17-16-10-6-5-9-15(16)13-18(17)20(19)14-7-3-4-8-14;/h3-7,9-12H,8H2,1-2H3;. The molecule has 0 spiro atoms. The van der Waals surface area contributed by atoms with E-state index < -0.39 is 8.41 Å². The van der Waals surface area contributed by atoms with Gasteiger partial charge in [-0.05, 0) is 0 Å². The van der Waals surface area contributed by atoms with Gasteiger partial charge in [0.1, 0.15) is 0 Å². The Morgan fingerprint density at radius 1 is 0.909 bits per heavy atom. The summed E-state index contributed by atoms with van der Waals surface area (Å²) in [5.74, 6) is 0. The molecule has 0 aliphatic heterocycles. The molecule has 0 N–H and O–H groups in total. The van der Waals surface area contributed by atoms with E-state index in [1.54, 1.807) is 19.3 Å². The van der Waals surface area contributed by atoms with Crippen molar-refractivity contribution in [3.05, 3.63) is 86.2 Å². The molecule has 0 saturated heterocycles. The first-order valence-electron chi connectivity index (χ1n) is 7.71. The van der Waals surface area contributed by atoms with Crippen LogP contribution in [0, 0.1) is 15.3 Å². The van der Waals surface area contributed by atoms with E-state index >= 15 is 0 Å². The first-order chi connectivity index (χ1) is 10.7. The molecule has 4 rings (SSSR count). The fourth-order valence-electron chi connectivity index (χ4n) is 3.54. The van der Waals surface area contributed by atoms with E-state index in [0.29, 0.717) is 0 Å². The van der Waals surface area contributed by atoms with Crippen molar-refractivity contribution in [1.82, 2.24) is 0 Å². The molecule has 2 aromatic carbocycles. The summed E-state index contributed by atoms with van der Waals surface area (Å²) in [6.07, 6.45) is 7.90. The Labute approximate surface area is 147 Å². The molecular weight excluding hydrogens is 447 g/mol. The Bertz CT molecular complexity index is 1070. The Balaban J connectivity index is 2.25. The molecule has 0 fully saturated rings. The monoisotopic (exact) mass is 465 g/mol. The first-order valence-corrected chi connectivity index (χ1v) is 12.0. The third-order valence-corrected chi connectivity index (χ3v) is 7.93. The molecule has 0 heterocycles. The number of allylic oxidation sites excluding steroid dienone is 4. The van der Waals surface area contributed by atoms with Crippen LogP contribution in [0.3, 0.4) is 0 Å². The van der Waals surface area contributed by atoms with Crippen molar-refractivity contribution < 1.29 is 24.4 Å². The van der Waals surface area contributed by atoms with Crippen LogP contribution in [-0.2, 0) is 24.4 Å². The summed E-state index contributed by atoms with van der Waals surface area (Å²) in [6.45, 7) is 4.82. The number of fused-ring (bicyclic) bond motifs is 2. The molecule has 0 unspecified atom stereocenters. The van der Waals surface area contributed by atoms with Gasteiger partial charge in [-0.3, -0.25) is 0 Å². The van der Waals surface area contributed by atoms with E-state index in [1.165, 1.54) is 21.2 Å². The zero-order valence-electron chi connectivity index (χ0n) is 12.9. The van der Waals surface area contributed by atoms with Crippen LogP contribution in [-0.4, -0.2) is 8.41 Å². The molecule has 0 atom stereocenters. The molecule has 0 nitrogen and oxygen atoms in total. The van der Waals surface area contributed by atoms with Crippen LogP contribution >= 0.6 is 0 Å². The Morgan fingerprint density at radius 3 is 2.36 bits per heavy atom. The second-order valence-electron chi connectivity index (χ2n) is 6.16. The quantitative estimate of drug-likeness (QED) is 0.562. The second-order valence-corrected chi connectivity index (χ2v) is 10.5. The van der Waals surface area contributed by atoms with E-state index in [9.17, 15) is 0 Å². The van der Waals surface area contributed by atoms with E-state index in [0.717, 1.165) is 30.8 Å². The van der Waals surface area contributed by atoms with Crippen molar-refractivity contribution in [3.8, 4) is 0 Å². The molecular formula is C20H17HfSi. The fourth-order valence-corrected chi connectivity index (χ4v) is 6.46. The number of rotatable bonds is 1. The molecule has 0 saturated carbocycles. The normalized spacial score (nSPS) is 14.8. The minimum atomic E-state index is -0.475. The Kier molecular flexibility index (Phi) is 3.62. The number of hydrogen-bond acceptors (Lipinski definition) is 0. The Hall–Kier alpha value is -1.12. The first kappa shape index (κ1) is 14.5. The van der Waals surface area contributed by atoms with Gasteiger partial charge in [-0.1, -0.05) is 0 Å². The third-order valence-electron chi connectivity index (χ3n) is 4.57. The molecule has 2 aliphatic rings. The van der Waals surface area contributed by atoms with Gasteiger partial charge in [0.15, 0.2) is 0 Å². The summed E-state index contributed by atoms with van der Waals surface area (Å²) >= 11 is 1.10. The van der Waals surface area contributed by atoms with E-state index in [4.69, 9.17) is 0 Å². The molecule has 0 amide bonds. The molecule has 22 heavy (non-hydrogen) atoms. The average molecular weight is 464 g/mol. The van der Waals surface area contributed by atoms with Crippen LogP contribution in [0.25, 0.3) is 8.90 Å². The van der Waals surface area contributed by atoms with Gasteiger partial charge < -0.3 is 0 Å². The van der Waals surface area contributed by atoms with Crippen LogP contribution in [0.5, 0.6) is 0 Å². The predicted molar refractivity (Wildman–Crippen MR) is 90.7 cm³/mol. The Morgan fingerprint density at radius 2 is 1.68 bits per heavy atom.